The van der Waals surface area contributed by atoms with Crippen LogP contribution in [-0.4, -0.2) is 8.67 Å². The van der Waals surface area contributed by atoms with Crippen LogP contribution in [-0.2, 0) is 0 Å². The molecule has 4 rings (SSSR count). The van der Waals surface area contributed by atoms with E-state index in [1.54, 1.807) is 0 Å². The second-order valence-corrected chi connectivity index (χ2v) is 10.1. The molecule has 0 amide bonds. The van der Waals surface area contributed by atoms with Crippen LogP contribution in [0.15, 0.2) is 0 Å². The molecule has 2 spiro atoms. The molecule has 0 aliphatic heterocycles. The molecular weight excluding hydrogens is 298 g/mol. The van der Waals surface area contributed by atoms with Crippen molar-refractivity contribution in [1.29, 1.82) is 0 Å². The topological polar surface area (TPSA) is 0 Å². The third kappa shape index (κ3) is 1.51. The number of fused-ring (bicyclic) bond motifs is 2. The molecule has 4 heteroatoms. The van der Waals surface area contributed by atoms with Gasteiger partial charge in [-0.1, -0.05) is 0 Å². The average Bonchev–Trinajstić information content (AvgIpc) is 2.81. The van der Waals surface area contributed by atoms with Gasteiger partial charge in [0.05, 0.1) is 0 Å². The molecule has 0 unspecified atom stereocenters. The zero-order valence-electron chi connectivity index (χ0n) is 9.62. The molecule has 4 aliphatic rings. The summed E-state index contributed by atoms with van der Waals surface area (Å²) >= 11 is 25.4. The first-order valence-corrected chi connectivity index (χ1v) is 8.05. The number of alkyl halides is 4. The molecule has 96 valence electrons. The standard InChI is InChI=1S/C13H16Cl4/c14-12(15)6-10(12)2-8-1-9(4-10)5-11(3-8)7-13(11,16)17/h8-9H,1-7H2. The van der Waals surface area contributed by atoms with Gasteiger partial charge in [-0.3, -0.25) is 0 Å². The van der Waals surface area contributed by atoms with Crippen LogP contribution < -0.4 is 0 Å². The number of halogens is 4. The zero-order valence-corrected chi connectivity index (χ0v) is 12.6. The fraction of sp³-hybridized carbons (Fsp3) is 1.00. The molecule has 0 aromatic rings. The smallest absolute Gasteiger partial charge is 0.101 e. The molecule has 0 atom stereocenters. The van der Waals surface area contributed by atoms with Crippen LogP contribution in [0.25, 0.3) is 0 Å². The summed E-state index contributed by atoms with van der Waals surface area (Å²) in [5, 5.41) is 0. The highest BCUT2D eigenvalue weighted by atomic mass is 35.5. The van der Waals surface area contributed by atoms with Crippen LogP contribution in [0.3, 0.4) is 0 Å². The largest absolute Gasteiger partial charge is 0.124 e. The molecule has 0 N–H and O–H groups in total. The lowest BCUT2D eigenvalue weighted by Crippen LogP contribution is -2.36. The van der Waals surface area contributed by atoms with Gasteiger partial charge in [0, 0.05) is 10.8 Å². The minimum atomic E-state index is -0.434. The Morgan fingerprint density at radius 3 is 1.18 bits per heavy atom. The van der Waals surface area contributed by atoms with Crippen LogP contribution in [0.1, 0.15) is 44.9 Å². The molecule has 0 aromatic carbocycles. The third-order valence-corrected chi connectivity index (χ3v) is 7.95. The van der Waals surface area contributed by atoms with Crippen molar-refractivity contribution in [2.45, 2.75) is 53.6 Å². The van der Waals surface area contributed by atoms with E-state index in [0.29, 0.717) is 0 Å². The third-order valence-electron chi connectivity index (χ3n) is 5.81. The molecule has 17 heavy (non-hydrogen) atoms. The van der Waals surface area contributed by atoms with E-state index in [4.69, 9.17) is 46.4 Å². The van der Waals surface area contributed by atoms with Gasteiger partial charge in [-0.15, -0.1) is 46.4 Å². The van der Waals surface area contributed by atoms with E-state index >= 15 is 0 Å². The Kier molecular flexibility index (Phi) is 2.16. The summed E-state index contributed by atoms with van der Waals surface area (Å²) in [5.74, 6) is 1.50. The van der Waals surface area contributed by atoms with E-state index in [9.17, 15) is 0 Å². The molecule has 0 radical (unpaired) electrons. The van der Waals surface area contributed by atoms with Crippen molar-refractivity contribution in [3.63, 3.8) is 0 Å². The maximum Gasteiger partial charge on any atom is 0.124 e. The monoisotopic (exact) mass is 312 g/mol. The van der Waals surface area contributed by atoms with Gasteiger partial charge in [-0.25, -0.2) is 0 Å². The lowest BCUT2D eigenvalue weighted by atomic mass is 9.62. The average molecular weight is 314 g/mol. The van der Waals surface area contributed by atoms with Crippen molar-refractivity contribution in [1.82, 2.24) is 0 Å². The summed E-state index contributed by atoms with van der Waals surface area (Å²) < 4.78 is -0.867. The molecule has 0 aromatic heterocycles. The van der Waals surface area contributed by atoms with Gasteiger partial charge in [0.2, 0.25) is 0 Å². The van der Waals surface area contributed by atoms with Gasteiger partial charge in [-0.2, -0.15) is 0 Å². The van der Waals surface area contributed by atoms with Crippen LogP contribution in [0.4, 0.5) is 0 Å². The van der Waals surface area contributed by atoms with E-state index in [-0.39, 0.29) is 10.8 Å². The van der Waals surface area contributed by atoms with E-state index in [2.05, 4.69) is 0 Å². The number of hydrogen-bond acceptors (Lipinski definition) is 0. The van der Waals surface area contributed by atoms with Gasteiger partial charge in [0.25, 0.3) is 0 Å². The highest BCUT2D eigenvalue weighted by Crippen LogP contribution is 2.78. The minimum absolute atomic E-state index is 0.238. The highest BCUT2D eigenvalue weighted by molar-refractivity contribution is 6.52. The SMILES string of the molecule is ClC1(Cl)CC12CC1CC(C2)CC2(C1)CC2(Cl)Cl. The Labute approximate surface area is 122 Å². The van der Waals surface area contributed by atoms with Gasteiger partial charge < -0.3 is 0 Å². The van der Waals surface area contributed by atoms with Gasteiger partial charge in [0.1, 0.15) is 8.67 Å². The normalized spacial score (nSPS) is 57.2. The number of hydrogen-bond donors (Lipinski definition) is 0. The Morgan fingerprint density at radius 2 is 0.941 bits per heavy atom. The highest BCUT2D eigenvalue weighted by Gasteiger charge is 2.73. The lowest BCUT2D eigenvalue weighted by molar-refractivity contribution is 0.0733. The van der Waals surface area contributed by atoms with Crippen molar-refractivity contribution in [3.05, 3.63) is 0 Å². The summed E-state index contributed by atoms with van der Waals surface area (Å²) in [6, 6.07) is 0. The first-order valence-electron chi connectivity index (χ1n) is 6.53. The summed E-state index contributed by atoms with van der Waals surface area (Å²) in [5.41, 5.74) is 0.475. The van der Waals surface area contributed by atoms with Crippen LogP contribution in [0, 0.1) is 22.7 Å². The molecule has 4 saturated carbocycles. The van der Waals surface area contributed by atoms with Gasteiger partial charge in [-0.05, 0) is 56.8 Å². The molecule has 0 saturated heterocycles. The van der Waals surface area contributed by atoms with Crippen molar-refractivity contribution in [2.75, 3.05) is 0 Å². The van der Waals surface area contributed by atoms with Crippen molar-refractivity contribution in [2.24, 2.45) is 22.7 Å². The second-order valence-electron chi connectivity index (χ2n) is 7.11. The molecular formula is C13H16Cl4. The van der Waals surface area contributed by atoms with Crippen molar-refractivity contribution < 1.29 is 0 Å². The predicted molar refractivity (Wildman–Crippen MR) is 73.0 cm³/mol. The Bertz CT molecular complexity index is 339. The van der Waals surface area contributed by atoms with Crippen molar-refractivity contribution >= 4 is 46.4 Å². The van der Waals surface area contributed by atoms with E-state index in [1.807, 2.05) is 0 Å². The van der Waals surface area contributed by atoms with Gasteiger partial charge >= 0.3 is 0 Å². The molecule has 4 aliphatic carbocycles. The molecule has 0 heterocycles. The summed E-state index contributed by atoms with van der Waals surface area (Å²) in [6.45, 7) is 0. The molecule has 2 bridgehead atoms. The molecule has 0 nitrogen and oxygen atoms in total. The van der Waals surface area contributed by atoms with E-state index < -0.39 is 8.67 Å². The minimum Gasteiger partial charge on any atom is -0.101 e. The Balaban J connectivity index is 1.57. The fourth-order valence-electron chi connectivity index (χ4n) is 4.97. The van der Waals surface area contributed by atoms with Gasteiger partial charge in [0.15, 0.2) is 0 Å². The zero-order chi connectivity index (χ0) is 12.1. The Hall–Kier alpha value is 1.16. The summed E-state index contributed by atoms with van der Waals surface area (Å²) in [7, 11) is 0. The van der Waals surface area contributed by atoms with E-state index in [0.717, 1.165) is 24.7 Å². The lowest BCUT2D eigenvalue weighted by Gasteiger charge is -2.44. The fourth-order valence-corrected chi connectivity index (χ4v) is 6.61. The summed E-state index contributed by atoms with van der Waals surface area (Å²) in [4.78, 5) is 0. The number of rotatable bonds is 0. The predicted octanol–water partition coefficient (Wildman–Crippen LogP) is 5.32. The van der Waals surface area contributed by atoms with Crippen molar-refractivity contribution in [3.8, 4) is 0 Å². The Morgan fingerprint density at radius 1 is 0.647 bits per heavy atom. The maximum absolute atomic E-state index is 6.34. The first-order chi connectivity index (χ1) is 7.78. The first kappa shape index (κ1) is 11.9. The molecule has 4 fully saturated rings. The second kappa shape index (κ2) is 3.08. The van der Waals surface area contributed by atoms with E-state index in [1.165, 1.54) is 32.1 Å². The quantitative estimate of drug-likeness (QED) is 0.531. The van der Waals surface area contributed by atoms with Crippen LogP contribution in [0.5, 0.6) is 0 Å². The van der Waals surface area contributed by atoms with Crippen LogP contribution >= 0.6 is 46.4 Å². The maximum atomic E-state index is 6.34. The van der Waals surface area contributed by atoms with Crippen LogP contribution in [0.2, 0.25) is 0 Å². The summed E-state index contributed by atoms with van der Waals surface area (Å²) in [6.07, 6.45) is 8.12.